The molecule has 0 saturated heterocycles. The molecule has 0 aliphatic heterocycles. The first kappa shape index (κ1) is 14.5. The lowest BCUT2D eigenvalue weighted by Gasteiger charge is -2.09. The first-order chi connectivity index (χ1) is 9.31. The van der Waals surface area contributed by atoms with Gasteiger partial charge in [0, 0.05) is 12.7 Å². The summed E-state index contributed by atoms with van der Waals surface area (Å²) >= 11 is 0.837. The monoisotopic (exact) mass is 306 g/mol. The minimum atomic E-state index is -4.49. The minimum Gasteiger partial charge on any atom is -0.465 e. The van der Waals surface area contributed by atoms with E-state index in [9.17, 15) is 18.0 Å². The molecule has 108 valence electrons. The highest BCUT2D eigenvalue weighted by Gasteiger charge is 2.32. The maximum atomic E-state index is 12.8. The molecule has 0 aliphatic rings. The number of nitrogens with one attached hydrogen (secondary N) is 1. The summed E-state index contributed by atoms with van der Waals surface area (Å²) in [6, 6.07) is 1.90. The number of nitrogens with zero attached hydrogens (tertiary/aromatic N) is 1. The molecule has 0 spiro atoms. The molecular weight excluding hydrogens is 297 g/mol. The Labute approximate surface area is 115 Å². The van der Waals surface area contributed by atoms with E-state index in [1.807, 2.05) is 5.32 Å². The van der Waals surface area contributed by atoms with Crippen molar-refractivity contribution in [3.8, 4) is 0 Å². The molecule has 0 aliphatic carbocycles. The number of benzene rings is 1. The third kappa shape index (κ3) is 2.99. The van der Waals surface area contributed by atoms with E-state index in [0.717, 1.165) is 23.5 Å². The summed E-state index contributed by atoms with van der Waals surface area (Å²) in [7, 11) is 1.36. The topological polar surface area (TPSA) is 71.5 Å². The molecule has 0 atom stereocenters. The van der Waals surface area contributed by atoms with E-state index < -0.39 is 17.8 Å². The Hall–Kier alpha value is -1.87. The van der Waals surface area contributed by atoms with Gasteiger partial charge in [-0.25, -0.2) is 9.78 Å². The van der Waals surface area contributed by atoms with Crippen LogP contribution in [-0.2, 0) is 17.5 Å². The number of anilines is 1. The van der Waals surface area contributed by atoms with Crippen molar-refractivity contribution in [2.75, 3.05) is 12.4 Å². The highest BCUT2D eigenvalue weighted by molar-refractivity contribution is 7.22. The molecule has 0 saturated carbocycles. The van der Waals surface area contributed by atoms with E-state index in [-0.39, 0.29) is 22.0 Å². The Balaban J connectivity index is 2.58. The number of hydrogen-bond donors (Lipinski definition) is 2. The fraction of sp³-hybridized carbons (Fsp3) is 0.273. The summed E-state index contributed by atoms with van der Waals surface area (Å²) in [4.78, 5) is 14.5. The number of hydrogen-bond acceptors (Lipinski definition) is 4. The predicted molar refractivity (Wildman–Crippen MR) is 67.0 cm³/mol. The number of rotatable bonds is 3. The minimum absolute atomic E-state index is 0.0178. The number of carboxylic acid groups (broad SMARTS) is 1. The Kier molecular flexibility index (Phi) is 3.82. The first-order valence-corrected chi connectivity index (χ1v) is 6.12. The van der Waals surface area contributed by atoms with E-state index in [0.29, 0.717) is 5.52 Å². The van der Waals surface area contributed by atoms with E-state index in [4.69, 9.17) is 9.84 Å². The Morgan fingerprint density at radius 1 is 1.50 bits per heavy atom. The van der Waals surface area contributed by atoms with Crippen LogP contribution in [0.5, 0.6) is 0 Å². The van der Waals surface area contributed by atoms with Gasteiger partial charge in [-0.3, -0.25) is 5.32 Å². The van der Waals surface area contributed by atoms with Gasteiger partial charge in [0.15, 0.2) is 5.13 Å². The van der Waals surface area contributed by atoms with Gasteiger partial charge in [-0.2, -0.15) is 13.2 Å². The summed E-state index contributed by atoms with van der Waals surface area (Å²) in [5, 5.41) is 10.6. The molecule has 2 rings (SSSR count). The second kappa shape index (κ2) is 5.25. The van der Waals surface area contributed by atoms with Crippen molar-refractivity contribution in [1.29, 1.82) is 0 Å². The molecule has 20 heavy (non-hydrogen) atoms. The van der Waals surface area contributed by atoms with Crippen molar-refractivity contribution < 1.29 is 27.8 Å². The zero-order valence-corrected chi connectivity index (χ0v) is 10.9. The first-order valence-electron chi connectivity index (χ1n) is 5.31. The van der Waals surface area contributed by atoms with Crippen LogP contribution in [-0.4, -0.2) is 23.3 Å². The molecule has 2 N–H and O–H groups in total. The second-order valence-electron chi connectivity index (χ2n) is 3.86. The van der Waals surface area contributed by atoms with Crippen LogP contribution in [0.4, 0.5) is 23.1 Å². The predicted octanol–water partition coefficient (Wildman–Crippen LogP) is 3.55. The van der Waals surface area contributed by atoms with Crippen LogP contribution in [0.15, 0.2) is 12.1 Å². The number of amides is 1. The summed E-state index contributed by atoms with van der Waals surface area (Å²) in [5.74, 6) is 0. The molecule has 5 nitrogen and oxygen atoms in total. The summed E-state index contributed by atoms with van der Waals surface area (Å²) in [6.07, 6.45) is -5.81. The lowest BCUT2D eigenvalue weighted by atomic mass is 10.1. The molecule has 0 bridgehead atoms. The van der Waals surface area contributed by atoms with E-state index in [2.05, 4.69) is 4.98 Å². The maximum Gasteiger partial charge on any atom is 0.416 e. The van der Waals surface area contributed by atoms with Crippen LogP contribution in [0.1, 0.15) is 11.1 Å². The third-order valence-corrected chi connectivity index (χ3v) is 3.33. The molecule has 0 fully saturated rings. The van der Waals surface area contributed by atoms with Crippen LogP contribution in [0.25, 0.3) is 10.2 Å². The largest absolute Gasteiger partial charge is 0.465 e. The number of ether oxygens (including phenoxy) is 1. The molecule has 1 aromatic heterocycles. The van der Waals surface area contributed by atoms with Crippen LogP contribution in [0.3, 0.4) is 0 Å². The molecule has 1 amide bonds. The van der Waals surface area contributed by atoms with Crippen LogP contribution >= 0.6 is 11.3 Å². The van der Waals surface area contributed by atoms with Crippen LogP contribution in [0, 0.1) is 0 Å². The molecule has 1 aromatic carbocycles. The quantitative estimate of drug-likeness (QED) is 0.909. The van der Waals surface area contributed by atoms with Crippen molar-refractivity contribution >= 4 is 32.8 Å². The molecule has 1 heterocycles. The summed E-state index contributed by atoms with van der Waals surface area (Å²) < 4.78 is 43.5. The zero-order chi connectivity index (χ0) is 14.9. The normalized spacial score (nSPS) is 11.8. The van der Waals surface area contributed by atoms with Crippen molar-refractivity contribution in [1.82, 2.24) is 4.98 Å². The van der Waals surface area contributed by atoms with Crippen molar-refractivity contribution in [2.24, 2.45) is 0 Å². The van der Waals surface area contributed by atoms with E-state index in [1.165, 1.54) is 7.11 Å². The molecule has 0 unspecified atom stereocenters. The van der Waals surface area contributed by atoms with Gasteiger partial charge in [0.25, 0.3) is 0 Å². The SMILES string of the molecule is COCc1cc(C(F)(F)F)cc2sc(NC(=O)O)nc12. The van der Waals surface area contributed by atoms with Gasteiger partial charge >= 0.3 is 12.3 Å². The lowest BCUT2D eigenvalue weighted by molar-refractivity contribution is -0.137. The number of halogens is 3. The Morgan fingerprint density at radius 3 is 2.75 bits per heavy atom. The number of carbonyl (C=O) groups is 1. The Bertz CT molecular complexity index is 654. The molecule has 0 radical (unpaired) electrons. The fourth-order valence-electron chi connectivity index (χ4n) is 1.67. The van der Waals surface area contributed by atoms with Crippen molar-refractivity contribution in [2.45, 2.75) is 12.8 Å². The number of aromatic nitrogens is 1. The highest BCUT2D eigenvalue weighted by Crippen LogP contribution is 2.36. The standard InChI is InChI=1S/C11H9F3N2O3S/c1-19-4-5-2-6(11(12,13)14)3-7-8(5)15-9(20-7)16-10(17)18/h2-3H,4H2,1H3,(H,15,16)(H,17,18). The molecule has 2 aromatic rings. The maximum absolute atomic E-state index is 12.8. The van der Waals surface area contributed by atoms with Crippen LogP contribution < -0.4 is 5.32 Å². The zero-order valence-electron chi connectivity index (χ0n) is 10.1. The molecular formula is C11H9F3N2O3S. The number of fused-ring (bicyclic) bond motifs is 1. The van der Waals surface area contributed by atoms with Crippen molar-refractivity contribution in [3.63, 3.8) is 0 Å². The summed E-state index contributed by atoms with van der Waals surface area (Å²) in [6.45, 7) is -0.0450. The summed E-state index contributed by atoms with van der Waals surface area (Å²) in [5.41, 5.74) is -0.261. The highest BCUT2D eigenvalue weighted by atomic mass is 32.1. The van der Waals surface area contributed by atoms with Gasteiger partial charge in [0.05, 0.1) is 22.4 Å². The average Bonchev–Trinajstić information content (AvgIpc) is 2.69. The van der Waals surface area contributed by atoms with Gasteiger partial charge in [-0.15, -0.1) is 0 Å². The van der Waals surface area contributed by atoms with Crippen molar-refractivity contribution in [3.05, 3.63) is 23.3 Å². The smallest absolute Gasteiger partial charge is 0.416 e. The Morgan fingerprint density at radius 2 is 2.20 bits per heavy atom. The number of methoxy groups -OCH3 is 1. The number of thiazole rings is 1. The second-order valence-corrected chi connectivity index (χ2v) is 4.89. The van der Waals surface area contributed by atoms with E-state index >= 15 is 0 Å². The average molecular weight is 306 g/mol. The van der Waals surface area contributed by atoms with Crippen LogP contribution in [0.2, 0.25) is 0 Å². The molecule has 9 heteroatoms. The lowest BCUT2D eigenvalue weighted by Crippen LogP contribution is -2.06. The van der Waals surface area contributed by atoms with Gasteiger partial charge < -0.3 is 9.84 Å². The van der Waals surface area contributed by atoms with E-state index in [1.54, 1.807) is 0 Å². The van der Waals surface area contributed by atoms with Gasteiger partial charge in [-0.05, 0) is 12.1 Å². The number of alkyl halides is 3. The van der Waals surface area contributed by atoms with Gasteiger partial charge in [-0.1, -0.05) is 11.3 Å². The van der Waals surface area contributed by atoms with Gasteiger partial charge in [0.1, 0.15) is 0 Å². The van der Waals surface area contributed by atoms with Gasteiger partial charge in [0.2, 0.25) is 0 Å². The third-order valence-electron chi connectivity index (χ3n) is 2.41. The fourth-order valence-corrected chi connectivity index (χ4v) is 2.62.